The maximum absolute atomic E-state index is 5.52. The van der Waals surface area contributed by atoms with Gasteiger partial charge >= 0.3 is 0 Å². The van der Waals surface area contributed by atoms with Gasteiger partial charge in [-0.2, -0.15) is 0 Å². The first-order chi connectivity index (χ1) is 6.87. The topological polar surface area (TPSA) is 21.3 Å². The van der Waals surface area contributed by atoms with Gasteiger partial charge in [0, 0.05) is 30.9 Å². The molecule has 0 bridgehead atoms. The summed E-state index contributed by atoms with van der Waals surface area (Å²) < 4.78 is 5.52. The number of nitrogens with one attached hydrogen (secondary N) is 1. The van der Waals surface area contributed by atoms with E-state index in [1.807, 2.05) is 0 Å². The number of hydrogen-bond acceptors (Lipinski definition) is 3. The van der Waals surface area contributed by atoms with Crippen LogP contribution in [0, 0.1) is 5.41 Å². The van der Waals surface area contributed by atoms with Crippen LogP contribution in [0.3, 0.4) is 0 Å². The first-order valence-corrected chi connectivity index (χ1v) is 6.82. The molecule has 2 heterocycles. The van der Waals surface area contributed by atoms with Gasteiger partial charge in [0.15, 0.2) is 0 Å². The van der Waals surface area contributed by atoms with Gasteiger partial charge < -0.3 is 10.1 Å². The summed E-state index contributed by atoms with van der Waals surface area (Å²) in [5, 5.41) is 3.80. The largest absolute Gasteiger partial charge is 0.381 e. The molecule has 3 rings (SSSR count). The zero-order chi connectivity index (χ0) is 9.49. The van der Waals surface area contributed by atoms with E-state index in [1.165, 1.54) is 44.4 Å². The Morgan fingerprint density at radius 2 is 1.93 bits per heavy atom. The van der Waals surface area contributed by atoms with Crippen molar-refractivity contribution in [1.82, 2.24) is 5.32 Å². The van der Waals surface area contributed by atoms with E-state index in [1.54, 1.807) is 0 Å². The Kier molecular flexibility index (Phi) is 2.30. The van der Waals surface area contributed by atoms with Gasteiger partial charge in [0.25, 0.3) is 0 Å². The van der Waals surface area contributed by atoms with Gasteiger partial charge in [-0.25, -0.2) is 0 Å². The van der Waals surface area contributed by atoms with Gasteiger partial charge in [-0.05, 0) is 25.7 Å². The molecule has 0 radical (unpaired) electrons. The molecule has 2 spiro atoms. The standard InChI is InChI=1S/C11H19NOS/c1-2-10(4-7-13-8-5-10)11(3-1)12-6-9-14-11/h12H,1-9H2. The molecule has 1 unspecified atom stereocenters. The number of thioether (sulfide) groups is 1. The lowest BCUT2D eigenvalue weighted by Crippen LogP contribution is -2.51. The fourth-order valence-electron chi connectivity index (χ4n) is 3.59. The molecule has 1 saturated carbocycles. The quantitative estimate of drug-likeness (QED) is 0.665. The Balaban J connectivity index is 1.88. The Labute approximate surface area is 90.2 Å². The molecule has 3 aliphatic rings. The van der Waals surface area contributed by atoms with Crippen LogP contribution in [0.4, 0.5) is 0 Å². The molecule has 1 aliphatic carbocycles. The van der Waals surface area contributed by atoms with Gasteiger partial charge in [-0.15, -0.1) is 11.8 Å². The van der Waals surface area contributed by atoms with Crippen molar-refractivity contribution in [2.75, 3.05) is 25.5 Å². The molecule has 80 valence electrons. The third kappa shape index (κ3) is 1.18. The zero-order valence-corrected chi connectivity index (χ0v) is 9.50. The first kappa shape index (κ1) is 9.49. The predicted molar refractivity (Wildman–Crippen MR) is 59.5 cm³/mol. The molecule has 1 N–H and O–H groups in total. The summed E-state index contributed by atoms with van der Waals surface area (Å²) in [6.07, 6.45) is 6.80. The van der Waals surface area contributed by atoms with Crippen molar-refractivity contribution in [2.24, 2.45) is 5.41 Å². The average molecular weight is 213 g/mol. The van der Waals surface area contributed by atoms with Crippen LogP contribution in [0.25, 0.3) is 0 Å². The summed E-state index contributed by atoms with van der Waals surface area (Å²) in [6, 6.07) is 0. The molecule has 3 heteroatoms. The fraction of sp³-hybridized carbons (Fsp3) is 1.00. The van der Waals surface area contributed by atoms with E-state index in [0.29, 0.717) is 10.3 Å². The minimum atomic E-state index is 0.441. The van der Waals surface area contributed by atoms with E-state index in [4.69, 9.17) is 4.74 Å². The molecule has 2 nitrogen and oxygen atoms in total. The minimum absolute atomic E-state index is 0.441. The monoisotopic (exact) mass is 213 g/mol. The molecule has 2 saturated heterocycles. The minimum Gasteiger partial charge on any atom is -0.381 e. The Hall–Kier alpha value is 0.270. The molecule has 3 fully saturated rings. The van der Waals surface area contributed by atoms with Crippen LogP contribution in [0.1, 0.15) is 32.1 Å². The van der Waals surface area contributed by atoms with Gasteiger partial charge in [-0.1, -0.05) is 6.42 Å². The second-order valence-electron chi connectivity index (χ2n) is 4.85. The van der Waals surface area contributed by atoms with Crippen LogP contribution in [0.5, 0.6) is 0 Å². The summed E-state index contributed by atoms with van der Waals surface area (Å²) in [4.78, 5) is 0.441. The van der Waals surface area contributed by atoms with Crippen LogP contribution in [0.15, 0.2) is 0 Å². The van der Waals surface area contributed by atoms with Crippen LogP contribution >= 0.6 is 11.8 Å². The van der Waals surface area contributed by atoms with Crippen molar-refractivity contribution >= 4 is 11.8 Å². The maximum atomic E-state index is 5.52. The van der Waals surface area contributed by atoms with E-state index < -0.39 is 0 Å². The fourth-order valence-corrected chi connectivity index (χ4v) is 5.25. The lowest BCUT2D eigenvalue weighted by molar-refractivity contribution is -0.00126. The molecule has 1 atom stereocenters. The lowest BCUT2D eigenvalue weighted by Gasteiger charge is -2.45. The van der Waals surface area contributed by atoms with Crippen molar-refractivity contribution < 1.29 is 4.74 Å². The van der Waals surface area contributed by atoms with Crippen molar-refractivity contribution in [3.05, 3.63) is 0 Å². The molecule has 0 aromatic carbocycles. The average Bonchev–Trinajstić information content (AvgIpc) is 2.80. The second kappa shape index (κ2) is 3.39. The van der Waals surface area contributed by atoms with E-state index in [-0.39, 0.29) is 0 Å². The van der Waals surface area contributed by atoms with Crippen LogP contribution in [0.2, 0.25) is 0 Å². The summed E-state index contributed by atoms with van der Waals surface area (Å²) in [6.45, 7) is 3.20. The Bertz CT molecular complexity index is 214. The van der Waals surface area contributed by atoms with E-state index in [9.17, 15) is 0 Å². The molecular weight excluding hydrogens is 194 g/mol. The number of rotatable bonds is 0. The Morgan fingerprint density at radius 3 is 2.64 bits per heavy atom. The Morgan fingerprint density at radius 1 is 1.07 bits per heavy atom. The van der Waals surface area contributed by atoms with E-state index in [2.05, 4.69) is 17.1 Å². The normalized spacial score (nSPS) is 41.1. The number of ether oxygens (including phenoxy) is 1. The van der Waals surface area contributed by atoms with Gasteiger partial charge in [0.05, 0.1) is 4.87 Å². The summed E-state index contributed by atoms with van der Waals surface area (Å²) in [5.74, 6) is 1.31. The van der Waals surface area contributed by atoms with Crippen molar-refractivity contribution in [3.63, 3.8) is 0 Å². The second-order valence-corrected chi connectivity index (χ2v) is 6.24. The number of fused-ring (bicyclic) bond motifs is 1. The van der Waals surface area contributed by atoms with Gasteiger partial charge in [0.2, 0.25) is 0 Å². The van der Waals surface area contributed by atoms with Gasteiger partial charge in [0.1, 0.15) is 0 Å². The molecule has 14 heavy (non-hydrogen) atoms. The highest BCUT2D eigenvalue weighted by molar-refractivity contribution is 8.00. The predicted octanol–water partition coefficient (Wildman–Crippen LogP) is 2.00. The molecule has 0 amide bonds. The highest BCUT2D eigenvalue weighted by atomic mass is 32.2. The molecule has 2 aliphatic heterocycles. The van der Waals surface area contributed by atoms with Crippen molar-refractivity contribution in [2.45, 2.75) is 37.0 Å². The lowest BCUT2D eigenvalue weighted by atomic mass is 9.75. The smallest absolute Gasteiger partial charge is 0.0704 e. The van der Waals surface area contributed by atoms with E-state index in [0.717, 1.165) is 13.2 Å². The van der Waals surface area contributed by atoms with E-state index >= 15 is 0 Å². The van der Waals surface area contributed by atoms with Crippen molar-refractivity contribution in [1.29, 1.82) is 0 Å². The van der Waals surface area contributed by atoms with Crippen LogP contribution < -0.4 is 5.32 Å². The summed E-state index contributed by atoms with van der Waals surface area (Å²) in [7, 11) is 0. The van der Waals surface area contributed by atoms with Gasteiger partial charge in [-0.3, -0.25) is 0 Å². The highest BCUT2D eigenvalue weighted by Crippen LogP contribution is 2.58. The molecule has 0 aromatic heterocycles. The molecular formula is C11H19NOS. The third-order valence-corrected chi connectivity index (χ3v) is 6.03. The zero-order valence-electron chi connectivity index (χ0n) is 8.68. The number of hydrogen-bond donors (Lipinski definition) is 1. The SMILES string of the molecule is C1CC2(CCOCC2)C2(C1)NCCS2. The van der Waals surface area contributed by atoms with Crippen molar-refractivity contribution in [3.8, 4) is 0 Å². The third-order valence-electron chi connectivity index (χ3n) is 4.35. The maximum Gasteiger partial charge on any atom is 0.0704 e. The van der Waals surface area contributed by atoms with Crippen LogP contribution in [-0.2, 0) is 4.74 Å². The first-order valence-electron chi connectivity index (χ1n) is 5.84. The highest BCUT2D eigenvalue weighted by Gasteiger charge is 2.56. The molecule has 0 aromatic rings. The summed E-state index contributed by atoms with van der Waals surface area (Å²) in [5.41, 5.74) is 0.576. The van der Waals surface area contributed by atoms with Crippen LogP contribution in [-0.4, -0.2) is 30.4 Å². The summed E-state index contributed by atoms with van der Waals surface area (Å²) >= 11 is 2.19.